The fourth-order valence-electron chi connectivity index (χ4n) is 1.22. The molecule has 0 saturated carbocycles. The lowest BCUT2D eigenvalue weighted by Crippen LogP contribution is -2.30. The molecule has 2 aromatic rings. The van der Waals surface area contributed by atoms with Gasteiger partial charge in [-0.2, -0.15) is 0 Å². The molecule has 0 radical (unpaired) electrons. The number of benzene rings is 1. The van der Waals surface area contributed by atoms with Gasteiger partial charge < -0.3 is 15.8 Å². The molecule has 4 nitrogen and oxygen atoms in total. The van der Waals surface area contributed by atoms with E-state index in [-0.39, 0.29) is 20.8 Å². The summed E-state index contributed by atoms with van der Waals surface area (Å²) in [6.07, 6.45) is 0. The molecule has 2 rings (SSSR count). The van der Waals surface area contributed by atoms with Crippen LogP contribution < -0.4 is 11.2 Å². The first kappa shape index (κ1) is 9.38. The molecule has 1 heterocycles. The van der Waals surface area contributed by atoms with Crippen molar-refractivity contribution in [3.63, 3.8) is 0 Å². The topological polar surface area (TPSA) is 79.4 Å². The number of nitrogens with two attached hydrogens (primary N) is 1. The summed E-state index contributed by atoms with van der Waals surface area (Å²) in [6.45, 7) is 0. The summed E-state index contributed by atoms with van der Waals surface area (Å²) in [6, 6.07) is 2.44. The molecule has 0 aliphatic heterocycles. The van der Waals surface area contributed by atoms with Crippen LogP contribution in [0.4, 0.5) is 9.52 Å². The Balaban J connectivity index is 2.81. The molecule has 0 fully saturated rings. The fourth-order valence-corrected chi connectivity index (χ4v) is 1.99. The van der Waals surface area contributed by atoms with Crippen LogP contribution in [0.2, 0.25) is 0 Å². The van der Waals surface area contributed by atoms with Gasteiger partial charge in [0, 0.05) is 5.46 Å². The van der Waals surface area contributed by atoms with Crippen LogP contribution in [0.15, 0.2) is 12.1 Å². The number of fused-ring (bicyclic) bond motifs is 1. The second-order valence-corrected chi connectivity index (χ2v) is 3.77. The van der Waals surface area contributed by atoms with Crippen molar-refractivity contribution in [2.24, 2.45) is 0 Å². The fraction of sp³-hybridized carbons (Fsp3) is 0. The summed E-state index contributed by atoms with van der Waals surface area (Å²) in [5.41, 5.74) is 5.78. The van der Waals surface area contributed by atoms with Crippen LogP contribution in [0.1, 0.15) is 0 Å². The summed E-state index contributed by atoms with van der Waals surface area (Å²) in [7, 11) is -1.67. The number of hydrogen-bond acceptors (Lipinski definition) is 5. The Morgan fingerprint density at radius 3 is 2.79 bits per heavy atom. The number of rotatable bonds is 1. The van der Waals surface area contributed by atoms with E-state index in [0.29, 0.717) is 0 Å². The summed E-state index contributed by atoms with van der Waals surface area (Å²) in [5.74, 6) is -0.460. The van der Waals surface area contributed by atoms with Crippen molar-refractivity contribution in [1.29, 1.82) is 0 Å². The van der Waals surface area contributed by atoms with Gasteiger partial charge in [0.1, 0.15) is 5.82 Å². The molecule has 0 spiro atoms. The Morgan fingerprint density at radius 2 is 2.14 bits per heavy atom. The molecule has 0 aliphatic carbocycles. The minimum absolute atomic E-state index is 0.161. The van der Waals surface area contributed by atoms with E-state index in [9.17, 15) is 4.39 Å². The summed E-state index contributed by atoms with van der Waals surface area (Å²) in [4.78, 5) is 3.83. The van der Waals surface area contributed by atoms with E-state index in [0.717, 1.165) is 17.4 Å². The highest BCUT2D eigenvalue weighted by molar-refractivity contribution is 7.22. The SMILES string of the molecule is Nc1nc2c(B(O)O)ccc(F)c2s1. The normalized spacial score (nSPS) is 10.8. The lowest BCUT2D eigenvalue weighted by molar-refractivity contribution is 0.426. The number of hydrogen-bond donors (Lipinski definition) is 3. The van der Waals surface area contributed by atoms with Crippen LogP contribution in [-0.2, 0) is 0 Å². The van der Waals surface area contributed by atoms with Gasteiger partial charge in [-0.25, -0.2) is 9.37 Å². The molecule has 1 aromatic carbocycles. The number of aromatic nitrogens is 1. The molecule has 4 N–H and O–H groups in total. The second-order valence-electron chi connectivity index (χ2n) is 2.74. The Hall–Kier alpha value is -1.18. The highest BCUT2D eigenvalue weighted by Gasteiger charge is 2.19. The van der Waals surface area contributed by atoms with Crippen molar-refractivity contribution in [3.05, 3.63) is 17.9 Å². The molecule has 14 heavy (non-hydrogen) atoms. The Morgan fingerprint density at radius 1 is 1.43 bits per heavy atom. The van der Waals surface area contributed by atoms with Gasteiger partial charge in [-0.05, 0) is 6.07 Å². The predicted octanol–water partition coefficient (Wildman–Crippen LogP) is -0.303. The Kier molecular flexibility index (Phi) is 2.14. The zero-order valence-electron chi connectivity index (χ0n) is 6.94. The van der Waals surface area contributed by atoms with Crippen molar-refractivity contribution in [2.45, 2.75) is 0 Å². The van der Waals surface area contributed by atoms with Crippen LogP contribution in [0.3, 0.4) is 0 Å². The van der Waals surface area contributed by atoms with Crippen molar-refractivity contribution < 1.29 is 14.4 Å². The minimum Gasteiger partial charge on any atom is -0.423 e. The smallest absolute Gasteiger partial charge is 0.423 e. The number of nitrogens with zero attached hydrogens (tertiary/aromatic N) is 1. The Bertz CT molecular complexity index is 488. The molecule has 72 valence electrons. The third-order valence-electron chi connectivity index (χ3n) is 1.82. The molecule has 0 unspecified atom stereocenters. The summed E-state index contributed by atoms with van der Waals surface area (Å²) < 4.78 is 13.4. The summed E-state index contributed by atoms with van der Waals surface area (Å²) in [5, 5.41) is 18.2. The third kappa shape index (κ3) is 1.35. The molecular formula is C7H6BFN2O2S. The van der Waals surface area contributed by atoms with Gasteiger partial charge in [0.15, 0.2) is 5.13 Å². The first-order valence-electron chi connectivity index (χ1n) is 3.80. The van der Waals surface area contributed by atoms with Gasteiger partial charge in [-0.15, -0.1) is 0 Å². The standard InChI is InChI=1S/C7H6BFN2O2S/c9-4-2-1-3(8(12)13)5-6(4)14-7(10)11-5/h1-2,12-13H,(H2,10,11). The minimum atomic E-state index is -1.67. The number of thiazole rings is 1. The average molecular weight is 212 g/mol. The van der Waals surface area contributed by atoms with E-state index in [1.807, 2.05) is 0 Å². The maximum Gasteiger partial charge on any atom is 0.490 e. The van der Waals surface area contributed by atoms with E-state index >= 15 is 0 Å². The first-order valence-corrected chi connectivity index (χ1v) is 4.62. The van der Waals surface area contributed by atoms with Gasteiger partial charge in [-0.3, -0.25) is 0 Å². The molecule has 0 bridgehead atoms. The van der Waals surface area contributed by atoms with E-state index in [1.165, 1.54) is 6.07 Å². The van der Waals surface area contributed by atoms with Gasteiger partial charge >= 0.3 is 7.12 Å². The quantitative estimate of drug-likeness (QED) is 0.567. The summed E-state index contributed by atoms with van der Waals surface area (Å²) >= 11 is 0.980. The van der Waals surface area contributed by atoms with E-state index in [1.54, 1.807) is 0 Å². The van der Waals surface area contributed by atoms with E-state index in [2.05, 4.69) is 4.98 Å². The largest absolute Gasteiger partial charge is 0.490 e. The second kappa shape index (κ2) is 3.20. The molecular weight excluding hydrogens is 206 g/mol. The lowest BCUT2D eigenvalue weighted by Gasteiger charge is -1.99. The van der Waals surface area contributed by atoms with Crippen LogP contribution in [0.25, 0.3) is 10.2 Å². The zero-order valence-corrected chi connectivity index (χ0v) is 7.75. The molecule has 0 atom stereocenters. The van der Waals surface area contributed by atoms with Crippen molar-refractivity contribution in [1.82, 2.24) is 4.98 Å². The number of anilines is 1. The van der Waals surface area contributed by atoms with Crippen LogP contribution in [-0.4, -0.2) is 22.2 Å². The molecule has 1 aromatic heterocycles. The first-order chi connectivity index (χ1) is 6.59. The third-order valence-corrected chi connectivity index (χ3v) is 2.71. The van der Waals surface area contributed by atoms with Crippen LogP contribution in [0.5, 0.6) is 0 Å². The van der Waals surface area contributed by atoms with Crippen molar-refractivity contribution in [2.75, 3.05) is 5.73 Å². The van der Waals surface area contributed by atoms with Crippen LogP contribution in [0, 0.1) is 5.82 Å². The maximum absolute atomic E-state index is 13.2. The number of nitrogen functional groups attached to an aromatic ring is 1. The van der Waals surface area contributed by atoms with E-state index < -0.39 is 12.9 Å². The van der Waals surface area contributed by atoms with Gasteiger partial charge in [0.05, 0.1) is 10.2 Å². The predicted molar refractivity (Wildman–Crippen MR) is 53.8 cm³/mol. The molecule has 0 aliphatic rings. The van der Waals surface area contributed by atoms with Crippen molar-refractivity contribution in [3.8, 4) is 0 Å². The molecule has 0 saturated heterocycles. The van der Waals surface area contributed by atoms with Gasteiger partial charge in [0.2, 0.25) is 0 Å². The highest BCUT2D eigenvalue weighted by atomic mass is 32.1. The van der Waals surface area contributed by atoms with Gasteiger partial charge in [-0.1, -0.05) is 17.4 Å². The van der Waals surface area contributed by atoms with Crippen molar-refractivity contribution >= 4 is 39.3 Å². The number of halogens is 1. The average Bonchev–Trinajstić information content (AvgIpc) is 2.47. The molecule has 7 heteroatoms. The highest BCUT2D eigenvalue weighted by Crippen LogP contribution is 2.24. The molecule has 0 amide bonds. The Labute approximate surface area is 83.0 Å². The van der Waals surface area contributed by atoms with Crippen LogP contribution >= 0.6 is 11.3 Å². The van der Waals surface area contributed by atoms with Gasteiger partial charge in [0.25, 0.3) is 0 Å². The maximum atomic E-state index is 13.2. The zero-order chi connectivity index (χ0) is 10.3. The monoisotopic (exact) mass is 212 g/mol. The lowest BCUT2D eigenvalue weighted by atomic mass is 9.79. The van der Waals surface area contributed by atoms with E-state index in [4.69, 9.17) is 15.8 Å².